The number of hydrogen-bond acceptors (Lipinski definition) is 2. The van der Waals surface area contributed by atoms with Gasteiger partial charge in [-0.05, 0) is 18.6 Å². The molecule has 1 aromatic rings. The van der Waals surface area contributed by atoms with Crippen LogP contribution in [0.1, 0.15) is 30.1 Å². The van der Waals surface area contributed by atoms with Gasteiger partial charge < -0.3 is 5.32 Å². The van der Waals surface area contributed by atoms with Crippen molar-refractivity contribution in [3.63, 3.8) is 0 Å². The minimum atomic E-state index is -0.691. The number of carbonyl (C=O) groups is 1. The van der Waals surface area contributed by atoms with Gasteiger partial charge in [-0.15, -0.1) is 0 Å². The fourth-order valence-electron chi connectivity index (χ4n) is 1.40. The zero-order valence-electron chi connectivity index (χ0n) is 9.34. The van der Waals surface area contributed by atoms with Gasteiger partial charge in [0.2, 0.25) is 0 Å². The summed E-state index contributed by atoms with van der Waals surface area (Å²) in [7, 11) is 0. The highest BCUT2D eigenvalue weighted by Gasteiger charge is 2.18. The molecule has 0 saturated heterocycles. The molecule has 0 spiro atoms. The van der Waals surface area contributed by atoms with Crippen LogP contribution in [0.2, 0.25) is 5.02 Å². The second-order valence-electron chi connectivity index (χ2n) is 3.54. The Hall–Kier alpha value is -1.60. The minimum absolute atomic E-state index is 0.0377. The highest BCUT2D eigenvalue weighted by atomic mass is 35.5. The summed E-state index contributed by atoms with van der Waals surface area (Å²) in [5.74, 6) is -1.35. The molecule has 1 N–H and O–H groups in total. The lowest BCUT2D eigenvalue weighted by atomic mass is 10.1. The molecular formula is C12H12ClFN2O. The van der Waals surface area contributed by atoms with Crippen LogP contribution in [0.25, 0.3) is 0 Å². The Morgan fingerprint density at radius 1 is 1.65 bits per heavy atom. The Kier molecular flexibility index (Phi) is 4.92. The van der Waals surface area contributed by atoms with E-state index < -0.39 is 17.8 Å². The first-order valence-electron chi connectivity index (χ1n) is 5.24. The van der Waals surface area contributed by atoms with Gasteiger partial charge in [-0.25, -0.2) is 4.39 Å². The summed E-state index contributed by atoms with van der Waals surface area (Å²) < 4.78 is 13.4. The zero-order valence-corrected chi connectivity index (χ0v) is 10.1. The molecule has 1 unspecified atom stereocenters. The Balaban J connectivity index is 2.87. The molecule has 0 aromatic heterocycles. The maximum Gasteiger partial charge on any atom is 0.256 e. The van der Waals surface area contributed by atoms with E-state index in [0.717, 1.165) is 12.5 Å². The van der Waals surface area contributed by atoms with Crippen LogP contribution in [-0.4, -0.2) is 11.9 Å². The lowest BCUT2D eigenvalue weighted by molar-refractivity contribution is 0.0940. The summed E-state index contributed by atoms with van der Waals surface area (Å²) in [6.07, 6.45) is 1.28. The van der Waals surface area contributed by atoms with Crippen LogP contribution < -0.4 is 5.32 Å². The number of rotatable bonds is 4. The van der Waals surface area contributed by atoms with Crippen LogP contribution in [0.15, 0.2) is 18.2 Å². The molecule has 0 aliphatic heterocycles. The maximum absolute atomic E-state index is 13.4. The van der Waals surface area contributed by atoms with Crippen molar-refractivity contribution in [3.05, 3.63) is 34.6 Å². The van der Waals surface area contributed by atoms with Gasteiger partial charge in [-0.3, -0.25) is 4.79 Å². The summed E-state index contributed by atoms with van der Waals surface area (Å²) in [5, 5.41) is 11.3. The average Bonchev–Trinajstić information content (AvgIpc) is 2.28. The number of carbonyl (C=O) groups excluding carboxylic acids is 1. The van der Waals surface area contributed by atoms with Gasteiger partial charge >= 0.3 is 0 Å². The highest BCUT2D eigenvalue weighted by Crippen LogP contribution is 2.18. The molecule has 0 fully saturated rings. The van der Waals surface area contributed by atoms with E-state index in [2.05, 4.69) is 5.32 Å². The van der Waals surface area contributed by atoms with Crippen molar-refractivity contribution in [1.29, 1.82) is 5.26 Å². The molecule has 1 atom stereocenters. The lowest BCUT2D eigenvalue weighted by Gasteiger charge is -2.11. The van der Waals surface area contributed by atoms with Gasteiger partial charge in [-0.1, -0.05) is 31.0 Å². The van der Waals surface area contributed by atoms with E-state index in [4.69, 9.17) is 16.9 Å². The number of nitriles is 1. The number of halogens is 2. The number of benzene rings is 1. The van der Waals surface area contributed by atoms with Crippen molar-refractivity contribution in [3.8, 4) is 6.07 Å². The molecule has 0 aliphatic carbocycles. The van der Waals surface area contributed by atoms with Crippen LogP contribution in [0.4, 0.5) is 4.39 Å². The third-order valence-corrected chi connectivity index (χ3v) is 2.54. The number of nitrogens with one attached hydrogen (secondary N) is 1. The lowest BCUT2D eigenvalue weighted by Crippen LogP contribution is -2.34. The minimum Gasteiger partial charge on any atom is -0.336 e. The van der Waals surface area contributed by atoms with E-state index in [0.29, 0.717) is 6.42 Å². The van der Waals surface area contributed by atoms with E-state index in [1.165, 1.54) is 12.1 Å². The summed E-state index contributed by atoms with van der Waals surface area (Å²) >= 11 is 5.74. The Morgan fingerprint density at radius 3 is 2.88 bits per heavy atom. The molecule has 3 nitrogen and oxygen atoms in total. The predicted octanol–water partition coefficient (Wildman–Crippen LogP) is 2.90. The van der Waals surface area contributed by atoms with Crippen molar-refractivity contribution >= 4 is 17.5 Å². The molecule has 0 aliphatic rings. The molecule has 1 aromatic carbocycles. The molecule has 0 heterocycles. The Morgan fingerprint density at radius 2 is 2.35 bits per heavy atom. The molecule has 0 radical (unpaired) electrons. The monoisotopic (exact) mass is 254 g/mol. The third kappa shape index (κ3) is 3.43. The van der Waals surface area contributed by atoms with Crippen molar-refractivity contribution in [2.45, 2.75) is 25.8 Å². The van der Waals surface area contributed by atoms with Crippen LogP contribution in [0.3, 0.4) is 0 Å². The fourth-order valence-corrected chi connectivity index (χ4v) is 1.65. The molecule has 1 amide bonds. The summed E-state index contributed by atoms with van der Waals surface area (Å²) in [5.41, 5.74) is -0.217. The molecule has 5 heteroatoms. The predicted molar refractivity (Wildman–Crippen MR) is 63.2 cm³/mol. The third-order valence-electron chi connectivity index (χ3n) is 2.23. The molecule has 90 valence electrons. The summed E-state index contributed by atoms with van der Waals surface area (Å²) in [6.45, 7) is 1.90. The van der Waals surface area contributed by atoms with E-state index >= 15 is 0 Å². The first-order chi connectivity index (χ1) is 8.10. The zero-order chi connectivity index (χ0) is 12.8. The normalized spacial score (nSPS) is 11.6. The largest absolute Gasteiger partial charge is 0.336 e. The summed E-state index contributed by atoms with van der Waals surface area (Å²) in [6, 6.07) is 5.33. The van der Waals surface area contributed by atoms with Crippen LogP contribution >= 0.6 is 11.6 Å². The first-order valence-corrected chi connectivity index (χ1v) is 5.62. The van der Waals surface area contributed by atoms with E-state index in [1.807, 2.05) is 13.0 Å². The Labute approximate surface area is 104 Å². The fraction of sp³-hybridized carbons (Fsp3) is 0.333. The van der Waals surface area contributed by atoms with Gasteiger partial charge in [0, 0.05) is 0 Å². The summed E-state index contributed by atoms with van der Waals surface area (Å²) in [4.78, 5) is 11.7. The average molecular weight is 255 g/mol. The van der Waals surface area contributed by atoms with Gasteiger partial charge in [-0.2, -0.15) is 5.26 Å². The van der Waals surface area contributed by atoms with Crippen molar-refractivity contribution in [2.24, 2.45) is 0 Å². The topological polar surface area (TPSA) is 52.9 Å². The van der Waals surface area contributed by atoms with E-state index in [9.17, 15) is 9.18 Å². The molecule has 17 heavy (non-hydrogen) atoms. The first kappa shape index (κ1) is 13.5. The second-order valence-corrected chi connectivity index (χ2v) is 3.95. The van der Waals surface area contributed by atoms with Crippen LogP contribution in [0, 0.1) is 17.1 Å². The van der Waals surface area contributed by atoms with Gasteiger partial charge in [0.1, 0.15) is 11.9 Å². The second kappa shape index (κ2) is 6.21. The van der Waals surface area contributed by atoms with E-state index in [1.54, 1.807) is 0 Å². The smallest absolute Gasteiger partial charge is 0.256 e. The standard InChI is InChI=1S/C12H12ClFN2O/c1-2-4-8(7-15)16-12(17)11-9(13)5-3-6-10(11)14/h3,5-6,8H,2,4H2,1H3,(H,16,17). The molecular weight excluding hydrogens is 243 g/mol. The maximum atomic E-state index is 13.4. The van der Waals surface area contributed by atoms with Gasteiger partial charge in [0.25, 0.3) is 5.91 Å². The van der Waals surface area contributed by atoms with Crippen LogP contribution in [0.5, 0.6) is 0 Å². The van der Waals surface area contributed by atoms with Crippen molar-refractivity contribution < 1.29 is 9.18 Å². The molecule has 0 saturated carbocycles. The van der Waals surface area contributed by atoms with E-state index in [-0.39, 0.29) is 10.6 Å². The molecule has 1 rings (SSSR count). The number of hydrogen-bond donors (Lipinski definition) is 1. The van der Waals surface area contributed by atoms with Gasteiger partial charge in [0.05, 0.1) is 16.7 Å². The Bertz CT molecular complexity index is 436. The quantitative estimate of drug-likeness (QED) is 0.898. The van der Waals surface area contributed by atoms with Crippen molar-refractivity contribution in [2.75, 3.05) is 0 Å². The highest BCUT2D eigenvalue weighted by molar-refractivity contribution is 6.33. The SMILES string of the molecule is CCCC(C#N)NC(=O)c1c(F)cccc1Cl. The van der Waals surface area contributed by atoms with Crippen molar-refractivity contribution in [1.82, 2.24) is 5.32 Å². The number of amides is 1. The van der Waals surface area contributed by atoms with Gasteiger partial charge in [0.15, 0.2) is 0 Å². The number of nitrogens with zero attached hydrogens (tertiary/aromatic N) is 1. The van der Waals surface area contributed by atoms with Crippen LogP contribution in [-0.2, 0) is 0 Å². The molecule has 0 bridgehead atoms.